The fourth-order valence-electron chi connectivity index (χ4n) is 5.77. The van der Waals surface area contributed by atoms with E-state index in [0.717, 1.165) is 82.8 Å². The predicted molar refractivity (Wildman–Crippen MR) is 172 cm³/mol. The van der Waals surface area contributed by atoms with Crippen LogP contribution in [0.15, 0.2) is 52.9 Å². The Morgan fingerprint density at radius 3 is 2.51 bits per heavy atom. The van der Waals surface area contributed by atoms with E-state index in [1.54, 1.807) is 26.0 Å². The van der Waals surface area contributed by atoms with E-state index in [1.807, 2.05) is 31.6 Å². The van der Waals surface area contributed by atoms with Gasteiger partial charge in [0.25, 0.3) is 0 Å². The Labute approximate surface area is 252 Å². The summed E-state index contributed by atoms with van der Waals surface area (Å²) in [6, 6.07) is 0.821. The minimum Gasteiger partial charge on any atom is -0.496 e. The molecule has 0 aromatic carbocycles. The molecule has 1 saturated carbocycles. The lowest BCUT2D eigenvalue weighted by Crippen LogP contribution is -2.52. The Balaban J connectivity index is 1.32. The minimum atomic E-state index is 0.0217. The van der Waals surface area contributed by atoms with Crippen molar-refractivity contribution in [2.45, 2.75) is 69.9 Å². The van der Waals surface area contributed by atoms with Crippen molar-refractivity contribution in [3.63, 3.8) is 0 Å². The first kappa shape index (κ1) is 31.7. The highest BCUT2D eigenvalue weighted by atomic mass is 32.2. The quantitative estimate of drug-likeness (QED) is 0.195. The van der Waals surface area contributed by atoms with Crippen LogP contribution < -0.4 is 4.90 Å². The molecule has 1 aliphatic heterocycles. The number of anilines is 1. The summed E-state index contributed by atoms with van der Waals surface area (Å²) in [5.74, 6) is 1.96. The molecule has 2 heterocycles. The average molecular weight is 583 g/mol. The van der Waals surface area contributed by atoms with E-state index in [1.165, 1.54) is 29.7 Å². The zero-order valence-corrected chi connectivity index (χ0v) is 26.4. The first-order chi connectivity index (χ1) is 20.1. The summed E-state index contributed by atoms with van der Waals surface area (Å²) in [5, 5.41) is 0.0217. The highest BCUT2D eigenvalue weighted by Gasteiger charge is 2.29. The van der Waals surface area contributed by atoms with Crippen LogP contribution in [0.5, 0.6) is 0 Å². The van der Waals surface area contributed by atoms with Gasteiger partial charge in [0.15, 0.2) is 0 Å². The third-order valence-electron chi connectivity index (χ3n) is 8.48. The summed E-state index contributed by atoms with van der Waals surface area (Å²) in [5.41, 5.74) is 1.19. The number of aliphatic imine (C=N–C) groups is 1. The second-order valence-corrected chi connectivity index (χ2v) is 12.4. The zero-order chi connectivity index (χ0) is 29.0. The lowest BCUT2D eigenvalue weighted by Gasteiger charge is -2.42. The van der Waals surface area contributed by atoms with Gasteiger partial charge in [-0.05, 0) is 57.0 Å². The second kappa shape index (κ2) is 16.4. The standard InChI is InChI=1S/C32H50N6O2S/c1-6-15-36(24-26(7-2)31(33-8-3)41-30-21-28(39-4)12-13-29(30)40-5)16-14-25-22-34-32(35-23-25)38-19-17-37(18-20-38)27-10-9-11-27/h7-8,12-13,22-23,26-28,31H,2,6,9-11,14-21,24H2,1,3-5H3/b33-8-. The van der Waals surface area contributed by atoms with Gasteiger partial charge in [0.1, 0.15) is 11.1 Å². The highest BCUT2D eigenvalue weighted by molar-refractivity contribution is 8.03. The fourth-order valence-corrected chi connectivity index (χ4v) is 7.14. The Morgan fingerprint density at radius 1 is 1.17 bits per heavy atom. The smallest absolute Gasteiger partial charge is 0.225 e. The predicted octanol–water partition coefficient (Wildman–Crippen LogP) is 5.19. The average Bonchev–Trinajstić information content (AvgIpc) is 2.98. The van der Waals surface area contributed by atoms with Crippen LogP contribution in [0.1, 0.15) is 51.5 Å². The molecule has 226 valence electrons. The number of hydrogen-bond donors (Lipinski definition) is 0. The van der Waals surface area contributed by atoms with Crippen LogP contribution in [0, 0.1) is 5.92 Å². The Kier molecular flexibility index (Phi) is 12.7. The van der Waals surface area contributed by atoms with Crippen LogP contribution >= 0.6 is 11.8 Å². The van der Waals surface area contributed by atoms with Crippen LogP contribution in [0.25, 0.3) is 0 Å². The van der Waals surface area contributed by atoms with E-state index >= 15 is 0 Å². The molecule has 4 rings (SSSR count). The van der Waals surface area contributed by atoms with Crippen LogP contribution in [0.2, 0.25) is 0 Å². The lowest BCUT2D eigenvalue weighted by molar-refractivity contribution is 0.120. The molecule has 0 amide bonds. The summed E-state index contributed by atoms with van der Waals surface area (Å²) in [6.45, 7) is 15.6. The normalized spacial score (nSPS) is 21.9. The Hall–Kier alpha value is -2.20. The number of aromatic nitrogens is 2. The van der Waals surface area contributed by atoms with Gasteiger partial charge in [-0.25, -0.2) is 9.97 Å². The molecule has 3 aliphatic rings. The van der Waals surface area contributed by atoms with Gasteiger partial charge in [-0.2, -0.15) is 0 Å². The Morgan fingerprint density at radius 2 is 1.93 bits per heavy atom. The third-order valence-corrected chi connectivity index (χ3v) is 9.84. The first-order valence-electron chi connectivity index (χ1n) is 15.4. The number of hydrogen-bond acceptors (Lipinski definition) is 9. The molecule has 8 nitrogen and oxygen atoms in total. The van der Waals surface area contributed by atoms with Crippen molar-refractivity contribution >= 4 is 23.9 Å². The molecule has 1 aromatic heterocycles. The van der Waals surface area contributed by atoms with Gasteiger partial charge >= 0.3 is 0 Å². The van der Waals surface area contributed by atoms with Gasteiger partial charge in [0.05, 0.1) is 13.2 Å². The second-order valence-electron chi connectivity index (χ2n) is 11.2. The molecule has 1 saturated heterocycles. The topological polar surface area (TPSA) is 66.3 Å². The molecule has 1 aromatic rings. The van der Waals surface area contributed by atoms with Gasteiger partial charge < -0.3 is 19.3 Å². The minimum absolute atomic E-state index is 0.0217. The maximum atomic E-state index is 5.68. The molecule has 0 bridgehead atoms. The number of rotatable bonds is 16. The van der Waals surface area contributed by atoms with Gasteiger partial charge in [-0.3, -0.25) is 9.89 Å². The summed E-state index contributed by atoms with van der Waals surface area (Å²) in [6.07, 6.45) is 19.1. The summed E-state index contributed by atoms with van der Waals surface area (Å²) >= 11 is 1.77. The SMILES string of the molecule is C=CC(CN(CCC)CCc1cnc(N2CCN(C3CCC3)CC2)nc1)C(/N=C\C)SC1=C(OC)C=CC(OC)C1. The number of thioether (sulfide) groups is 1. The summed E-state index contributed by atoms with van der Waals surface area (Å²) in [4.78, 5) is 23.1. The molecule has 41 heavy (non-hydrogen) atoms. The van der Waals surface area contributed by atoms with Crippen molar-refractivity contribution in [3.8, 4) is 0 Å². The summed E-state index contributed by atoms with van der Waals surface area (Å²) < 4.78 is 11.3. The number of methoxy groups -OCH3 is 2. The molecule has 2 fully saturated rings. The number of allylic oxidation sites excluding steroid dienone is 1. The maximum Gasteiger partial charge on any atom is 0.225 e. The molecular weight excluding hydrogens is 532 g/mol. The maximum absolute atomic E-state index is 5.68. The number of nitrogens with zero attached hydrogens (tertiary/aromatic N) is 6. The fraction of sp³-hybridized carbons (Fsp3) is 0.656. The van der Waals surface area contributed by atoms with Crippen LogP contribution in [0.3, 0.4) is 0 Å². The largest absolute Gasteiger partial charge is 0.496 e. The van der Waals surface area contributed by atoms with E-state index in [0.29, 0.717) is 0 Å². The molecule has 0 N–H and O–H groups in total. The zero-order valence-electron chi connectivity index (χ0n) is 25.6. The van der Waals surface area contributed by atoms with Gasteiger partial charge in [0, 0.05) is 82.1 Å². The third kappa shape index (κ3) is 8.89. The van der Waals surface area contributed by atoms with Gasteiger partial charge in [-0.15, -0.1) is 6.58 Å². The van der Waals surface area contributed by atoms with Crippen LogP contribution in [-0.4, -0.2) is 104 Å². The van der Waals surface area contributed by atoms with Crippen molar-refractivity contribution in [3.05, 3.63) is 53.4 Å². The molecule has 2 aliphatic carbocycles. The molecular formula is C32H50N6O2S. The van der Waals surface area contributed by atoms with E-state index in [9.17, 15) is 0 Å². The molecule has 0 radical (unpaired) electrons. The Bertz CT molecular complexity index is 1030. The van der Waals surface area contributed by atoms with E-state index in [4.69, 9.17) is 24.4 Å². The monoisotopic (exact) mass is 582 g/mol. The van der Waals surface area contributed by atoms with Crippen molar-refractivity contribution in [2.24, 2.45) is 10.9 Å². The van der Waals surface area contributed by atoms with Crippen LogP contribution in [0.4, 0.5) is 5.95 Å². The lowest BCUT2D eigenvalue weighted by atomic mass is 9.91. The van der Waals surface area contributed by atoms with Crippen molar-refractivity contribution in [1.29, 1.82) is 0 Å². The van der Waals surface area contributed by atoms with Crippen LogP contribution in [-0.2, 0) is 15.9 Å². The molecule has 3 atom stereocenters. The summed E-state index contributed by atoms with van der Waals surface area (Å²) in [7, 11) is 3.48. The first-order valence-corrected chi connectivity index (χ1v) is 16.2. The number of ether oxygens (including phenoxy) is 2. The number of piperazine rings is 1. The van der Waals surface area contributed by atoms with E-state index < -0.39 is 0 Å². The van der Waals surface area contributed by atoms with Crippen molar-refractivity contribution in [1.82, 2.24) is 19.8 Å². The van der Waals surface area contributed by atoms with Crippen molar-refractivity contribution in [2.75, 3.05) is 64.9 Å². The molecule has 3 unspecified atom stereocenters. The molecule has 9 heteroatoms. The van der Waals surface area contributed by atoms with E-state index in [-0.39, 0.29) is 17.4 Å². The van der Waals surface area contributed by atoms with Gasteiger partial charge in [-0.1, -0.05) is 37.3 Å². The van der Waals surface area contributed by atoms with Gasteiger partial charge in [0.2, 0.25) is 5.95 Å². The van der Waals surface area contributed by atoms with E-state index in [2.05, 4.69) is 40.4 Å². The molecule has 0 spiro atoms. The highest BCUT2D eigenvalue weighted by Crippen LogP contribution is 2.37. The van der Waals surface area contributed by atoms with Crippen molar-refractivity contribution < 1.29 is 9.47 Å².